The van der Waals surface area contributed by atoms with Crippen LogP contribution in [-0.2, 0) is 4.74 Å². The van der Waals surface area contributed by atoms with Crippen molar-refractivity contribution >= 4 is 5.57 Å². The van der Waals surface area contributed by atoms with E-state index in [1.807, 2.05) is 31.2 Å². The first-order valence-corrected chi connectivity index (χ1v) is 5.85. The molecule has 0 N–H and O–H groups in total. The van der Waals surface area contributed by atoms with Gasteiger partial charge in [-0.15, -0.1) is 0 Å². The molecule has 1 aromatic carbocycles. The summed E-state index contributed by atoms with van der Waals surface area (Å²) in [6.07, 6.45) is 5.66. The van der Waals surface area contributed by atoms with Gasteiger partial charge in [0.25, 0.3) is 0 Å². The molecule has 18 heavy (non-hydrogen) atoms. The van der Waals surface area contributed by atoms with Crippen molar-refractivity contribution in [1.82, 2.24) is 0 Å². The van der Waals surface area contributed by atoms with E-state index in [2.05, 4.69) is 19.6 Å². The van der Waals surface area contributed by atoms with Crippen molar-refractivity contribution in [2.75, 3.05) is 14.2 Å². The summed E-state index contributed by atoms with van der Waals surface area (Å²) in [5, 5.41) is 0. The summed E-state index contributed by atoms with van der Waals surface area (Å²) in [6.45, 7) is 7.77. The van der Waals surface area contributed by atoms with Crippen LogP contribution in [0.1, 0.15) is 18.1 Å². The summed E-state index contributed by atoms with van der Waals surface area (Å²) in [6, 6.07) is 6.10. The van der Waals surface area contributed by atoms with Gasteiger partial charge in [-0.05, 0) is 43.7 Å². The average molecular weight is 244 g/mol. The lowest BCUT2D eigenvalue weighted by molar-refractivity contribution is 0.307. The minimum atomic E-state index is 0.728. The van der Waals surface area contributed by atoms with Gasteiger partial charge in [-0.2, -0.15) is 0 Å². The molecule has 0 radical (unpaired) electrons. The molecule has 0 atom stereocenters. The monoisotopic (exact) mass is 244 g/mol. The van der Waals surface area contributed by atoms with Gasteiger partial charge in [0.1, 0.15) is 11.5 Å². The third kappa shape index (κ3) is 3.27. The summed E-state index contributed by atoms with van der Waals surface area (Å²) in [7, 11) is 3.31. The highest BCUT2D eigenvalue weighted by molar-refractivity contribution is 5.78. The fourth-order valence-corrected chi connectivity index (χ4v) is 1.72. The van der Waals surface area contributed by atoms with E-state index < -0.39 is 0 Å². The zero-order valence-electron chi connectivity index (χ0n) is 11.5. The van der Waals surface area contributed by atoms with Gasteiger partial charge in [0.05, 0.1) is 14.2 Å². The van der Waals surface area contributed by atoms with Crippen LogP contribution >= 0.6 is 0 Å². The summed E-state index contributed by atoms with van der Waals surface area (Å²) in [5.74, 6) is 1.58. The molecule has 2 heteroatoms. The Hall–Kier alpha value is -1.96. The lowest BCUT2D eigenvalue weighted by Gasteiger charge is -2.11. The van der Waals surface area contributed by atoms with Crippen LogP contribution in [0.15, 0.2) is 48.8 Å². The molecule has 0 heterocycles. The number of methoxy groups -OCH3 is 2. The fourth-order valence-electron chi connectivity index (χ4n) is 1.72. The zero-order chi connectivity index (χ0) is 13.5. The largest absolute Gasteiger partial charge is 0.497 e. The van der Waals surface area contributed by atoms with Gasteiger partial charge in [0.2, 0.25) is 0 Å². The van der Waals surface area contributed by atoms with E-state index in [0.717, 1.165) is 22.6 Å². The lowest BCUT2D eigenvalue weighted by Crippen LogP contribution is -1.92. The molecule has 0 aliphatic heterocycles. The third-order valence-corrected chi connectivity index (χ3v) is 2.71. The second kappa shape index (κ2) is 6.70. The average Bonchev–Trinajstić information content (AvgIpc) is 2.40. The highest BCUT2D eigenvalue weighted by Gasteiger charge is 2.07. The Balaban J connectivity index is 3.29. The molecule has 1 rings (SSSR count). The Bertz CT molecular complexity index is 482. The maximum atomic E-state index is 5.40. The van der Waals surface area contributed by atoms with E-state index in [4.69, 9.17) is 9.47 Å². The van der Waals surface area contributed by atoms with E-state index in [0.29, 0.717) is 0 Å². The number of hydrogen-bond acceptors (Lipinski definition) is 2. The first kappa shape index (κ1) is 14.1. The number of benzene rings is 1. The second-order valence-electron chi connectivity index (χ2n) is 3.90. The van der Waals surface area contributed by atoms with Crippen molar-refractivity contribution in [3.8, 4) is 5.75 Å². The van der Waals surface area contributed by atoms with Crippen LogP contribution in [0.2, 0.25) is 0 Å². The van der Waals surface area contributed by atoms with Crippen molar-refractivity contribution in [3.05, 3.63) is 59.9 Å². The van der Waals surface area contributed by atoms with Gasteiger partial charge in [-0.1, -0.05) is 24.3 Å². The Morgan fingerprint density at radius 1 is 1.28 bits per heavy atom. The molecule has 96 valence electrons. The predicted molar refractivity (Wildman–Crippen MR) is 76.7 cm³/mol. The maximum Gasteiger partial charge on any atom is 0.126 e. The standard InChI is InChI=1S/C16H20O2/c1-6-13(11-14(7-2)17-4)15-10-12(3)8-9-16(15)18-5/h6-11H,2H2,1,3-5H3/b13-6+,14-11+. The summed E-state index contributed by atoms with van der Waals surface area (Å²) in [5.41, 5.74) is 3.29. The molecule has 0 aliphatic carbocycles. The summed E-state index contributed by atoms with van der Waals surface area (Å²) >= 11 is 0. The van der Waals surface area contributed by atoms with Crippen LogP contribution in [0.5, 0.6) is 5.75 Å². The first-order valence-electron chi connectivity index (χ1n) is 5.85. The molecule has 0 saturated heterocycles. The van der Waals surface area contributed by atoms with Crippen molar-refractivity contribution < 1.29 is 9.47 Å². The van der Waals surface area contributed by atoms with E-state index in [1.165, 1.54) is 5.56 Å². The smallest absolute Gasteiger partial charge is 0.126 e. The topological polar surface area (TPSA) is 18.5 Å². The second-order valence-corrected chi connectivity index (χ2v) is 3.90. The van der Waals surface area contributed by atoms with E-state index in [1.54, 1.807) is 20.3 Å². The highest BCUT2D eigenvalue weighted by Crippen LogP contribution is 2.28. The van der Waals surface area contributed by atoms with Crippen molar-refractivity contribution in [2.24, 2.45) is 0 Å². The van der Waals surface area contributed by atoms with Crippen LogP contribution in [0, 0.1) is 6.92 Å². The molecule has 0 fully saturated rings. The molecule has 0 aliphatic rings. The van der Waals surface area contributed by atoms with E-state index >= 15 is 0 Å². The maximum absolute atomic E-state index is 5.40. The van der Waals surface area contributed by atoms with Crippen LogP contribution < -0.4 is 4.74 Å². The minimum absolute atomic E-state index is 0.728. The van der Waals surface area contributed by atoms with Gasteiger partial charge in [0, 0.05) is 5.56 Å². The van der Waals surface area contributed by atoms with E-state index in [-0.39, 0.29) is 0 Å². The molecule has 0 unspecified atom stereocenters. The van der Waals surface area contributed by atoms with Crippen LogP contribution in [0.4, 0.5) is 0 Å². The lowest BCUT2D eigenvalue weighted by atomic mass is 10.0. The number of aryl methyl sites for hydroxylation is 1. The van der Waals surface area contributed by atoms with Gasteiger partial charge in [-0.3, -0.25) is 0 Å². The fraction of sp³-hybridized carbons (Fsp3) is 0.250. The SMILES string of the molecule is C=C/C(=C\C(=C/C)c1cc(C)ccc1OC)OC. The molecule has 0 amide bonds. The van der Waals surface area contributed by atoms with Gasteiger partial charge in [0.15, 0.2) is 0 Å². The summed E-state index contributed by atoms with van der Waals surface area (Å²) < 4.78 is 10.6. The number of ether oxygens (including phenoxy) is 2. The Labute approximate surface area is 109 Å². The van der Waals surface area contributed by atoms with Crippen molar-refractivity contribution in [1.29, 1.82) is 0 Å². The Morgan fingerprint density at radius 3 is 2.50 bits per heavy atom. The molecular formula is C16H20O2. The Morgan fingerprint density at radius 2 is 2.00 bits per heavy atom. The molecule has 0 saturated carbocycles. The highest BCUT2D eigenvalue weighted by atomic mass is 16.5. The normalized spacial score (nSPS) is 12.2. The van der Waals surface area contributed by atoms with Gasteiger partial charge in [-0.25, -0.2) is 0 Å². The van der Waals surface area contributed by atoms with Crippen LogP contribution in [0.25, 0.3) is 5.57 Å². The van der Waals surface area contributed by atoms with E-state index in [9.17, 15) is 0 Å². The van der Waals surface area contributed by atoms with Crippen LogP contribution in [0.3, 0.4) is 0 Å². The number of hydrogen-bond donors (Lipinski definition) is 0. The zero-order valence-corrected chi connectivity index (χ0v) is 11.5. The number of allylic oxidation sites excluding steroid dienone is 4. The molecule has 1 aromatic rings. The van der Waals surface area contributed by atoms with Crippen LogP contribution in [-0.4, -0.2) is 14.2 Å². The van der Waals surface area contributed by atoms with Gasteiger partial charge < -0.3 is 9.47 Å². The molecule has 2 nitrogen and oxygen atoms in total. The molecule has 0 aromatic heterocycles. The van der Waals surface area contributed by atoms with Crippen molar-refractivity contribution in [3.63, 3.8) is 0 Å². The quantitative estimate of drug-likeness (QED) is 0.573. The Kier molecular flexibility index (Phi) is 5.25. The van der Waals surface area contributed by atoms with Gasteiger partial charge >= 0.3 is 0 Å². The minimum Gasteiger partial charge on any atom is -0.497 e. The molecule has 0 bridgehead atoms. The first-order chi connectivity index (χ1) is 8.65. The molecular weight excluding hydrogens is 224 g/mol. The summed E-state index contributed by atoms with van der Waals surface area (Å²) in [4.78, 5) is 0. The van der Waals surface area contributed by atoms with Crippen molar-refractivity contribution in [2.45, 2.75) is 13.8 Å². The predicted octanol–water partition coefficient (Wildman–Crippen LogP) is 4.12. The third-order valence-electron chi connectivity index (χ3n) is 2.71. The molecule has 0 spiro atoms. The number of rotatable bonds is 5.